The first-order chi connectivity index (χ1) is 12.5. The van der Waals surface area contributed by atoms with Crippen molar-refractivity contribution >= 4 is 17.8 Å². The monoisotopic (exact) mass is 356 g/mol. The standard InChI is InChI=1S/C17H20N6O3/c1-22-8-11(7-18-22)13-4-5-14(21-20-13)19-16(26)23-9-12-3-2-6-17(12,10-23)15(24)25/h4-5,7-8,12H,2-3,6,9-10H2,1H3,(H,24,25)(H,19,21,26)/t12-,17+/m0/s1. The molecule has 1 aliphatic carbocycles. The minimum Gasteiger partial charge on any atom is -0.481 e. The van der Waals surface area contributed by atoms with Gasteiger partial charge in [0.25, 0.3) is 0 Å². The van der Waals surface area contributed by atoms with E-state index in [1.165, 1.54) is 0 Å². The summed E-state index contributed by atoms with van der Waals surface area (Å²) in [6.07, 6.45) is 5.92. The van der Waals surface area contributed by atoms with Crippen LogP contribution in [0.1, 0.15) is 19.3 Å². The number of amides is 2. The zero-order valence-corrected chi connectivity index (χ0v) is 14.4. The maximum Gasteiger partial charge on any atom is 0.323 e. The normalized spacial score (nSPS) is 24.5. The first-order valence-corrected chi connectivity index (χ1v) is 8.60. The molecule has 0 spiro atoms. The van der Waals surface area contributed by atoms with Crippen LogP contribution in [0.2, 0.25) is 0 Å². The SMILES string of the molecule is Cn1cc(-c2ccc(NC(=O)N3C[C@@H]4CCC[C@@]4(C(=O)O)C3)nn2)cn1. The number of fused-ring (bicyclic) bond motifs is 1. The van der Waals surface area contributed by atoms with E-state index in [2.05, 4.69) is 20.6 Å². The molecule has 2 fully saturated rings. The van der Waals surface area contributed by atoms with Crippen LogP contribution in [0.15, 0.2) is 24.5 Å². The van der Waals surface area contributed by atoms with Crippen LogP contribution in [0.4, 0.5) is 10.6 Å². The minimum absolute atomic E-state index is 0.0322. The van der Waals surface area contributed by atoms with E-state index in [0.717, 1.165) is 18.4 Å². The van der Waals surface area contributed by atoms with Crippen LogP contribution in [-0.2, 0) is 11.8 Å². The Labute approximate surface area is 150 Å². The number of carbonyl (C=O) groups is 2. The van der Waals surface area contributed by atoms with Crippen LogP contribution in [0.25, 0.3) is 11.3 Å². The first kappa shape index (κ1) is 16.5. The quantitative estimate of drug-likeness (QED) is 0.863. The van der Waals surface area contributed by atoms with E-state index in [1.54, 1.807) is 27.9 Å². The Balaban J connectivity index is 1.43. The number of rotatable bonds is 3. The number of likely N-dealkylation sites (tertiary alicyclic amines) is 1. The van der Waals surface area contributed by atoms with Gasteiger partial charge in [-0.15, -0.1) is 10.2 Å². The van der Waals surface area contributed by atoms with Crippen molar-refractivity contribution < 1.29 is 14.7 Å². The highest BCUT2D eigenvalue weighted by Gasteiger charge is 2.55. The van der Waals surface area contributed by atoms with Crippen molar-refractivity contribution in [3.63, 3.8) is 0 Å². The predicted molar refractivity (Wildman–Crippen MR) is 92.2 cm³/mol. The molecule has 2 N–H and O–H groups in total. The number of carboxylic acids is 1. The van der Waals surface area contributed by atoms with Gasteiger partial charge >= 0.3 is 12.0 Å². The molecule has 1 saturated carbocycles. The number of hydrogen-bond acceptors (Lipinski definition) is 5. The van der Waals surface area contributed by atoms with Crippen LogP contribution in [0.3, 0.4) is 0 Å². The van der Waals surface area contributed by atoms with Gasteiger partial charge in [-0.1, -0.05) is 6.42 Å². The van der Waals surface area contributed by atoms with Crippen molar-refractivity contribution in [2.45, 2.75) is 19.3 Å². The molecule has 1 saturated heterocycles. The van der Waals surface area contributed by atoms with Gasteiger partial charge in [-0.3, -0.25) is 14.8 Å². The van der Waals surface area contributed by atoms with Crippen molar-refractivity contribution in [2.24, 2.45) is 18.4 Å². The van der Waals surface area contributed by atoms with Crippen molar-refractivity contribution in [2.75, 3.05) is 18.4 Å². The second-order valence-electron chi connectivity index (χ2n) is 7.07. The number of carboxylic acid groups (broad SMARTS) is 1. The van der Waals surface area contributed by atoms with Gasteiger partial charge in [0.05, 0.1) is 17.3 Å². The number of aliphatic carboxylic acids is 1. The lowest BCUT2D eigenvalue weighted by molar-refractivity contribution is -0.149. The summed E-state index contributed by atoms with van der Waals surface area (Å²) >= 11 is 0. The zero-order valence-electron chi connectivity index (χ0n) is 14.4. The first-order valence-electron chi connectivity index (χ1n) is 8.60. The summed E-state index contributed by atoms with van der Waals surface area (Å²) in [6, 6.07) is 3.11. The summed E-state index contributed by atoms with van der Waals surface area (Å²) in [5, 5.41) is 24.6. The maximum atomic E-state index is 12.5. The third-order valence-corrected chi connectivity index (χ3v) is 5.48. The molecule has 26 heavy (non-hydrogen) atoms. The minimum atomic E-state index is -0.795. The lowest BCUT2D eigenvalue weighted by Gasteiger charge is -2.23. The van der Waals surface area contributed by atoms with Crippen LogP contribution < -0.4 is 5.32 Å². The number of urea groups is 1. The fourth-order valence-corrected chi connectivity index (χ4v) is 4.09. The molecule has 3 heterocycles. The number of carbonyl (C=O) groups excluding carboxylic acids is 1. The number of nitrogens with zero attached hydrogens (tertiary/aromatic N) is 5. The third-order valence-electron chi connectivity index (χ3n) is 5.48. The van der Waals surface area contributed by atoms with Gasteiger partial charge in [0.15, 0.2) is 5.82 Å². The van der Waals surface area contributed by atoms with Crippen LogP contribution in [0.5, 0.6) is 0 Å². The van der Waals surface area contributed by atoms with Gasteiger partial charge in [-0.05, 0) is 30.9 Å². The number of anilines is 1. The average molecular weight is 356 g/mol. The lowest BCUT2D eigenvalue weighted by atomic mass is 9.81. The van der Waals surface area contributed by atoms with Crippen LogP contribution >= 0.6 is 0 Å². The molecule has 2 aromatic rings. The maximum absolute atomic E-state index is 12.5. The molecule has 0 unspecified atom stereocenters. The number of hydrogen-bond donors (Lipinski definition) is 2. The molecule has 9 heteroatoms. The second kappa shape index (κ2) is 6.08. The van der Waals surface area contributed by atoms with Crippen LogP contribution in [0, 0.1) is 11.3 Å². The van der Waals surface area contributed by atoms with Crippen molar-refractivity contribution in [3.05, 3.63) is 24.5 Å². The molecular formula is C17H20N6O3. The topological polar surface area (TPSA) is 113 Å². The van der Waals surface area contributed by atoms with Gasteiger partial charge in [0, 0.05) is 31.9 Å². The molecule has 2 atom stereocenters. The smallest absolute Gasteiger partial charge is 0.323 e. The molecule has 1 aliphatic heterocycles. The molecule has 2 aliphatic rings. The zero-order chi connectivity index (χ0) is 18.3. The fourth-order valence-electron chi connectivity index (χ4n) is 4.09. The van der Waals surface area contributed by atoms with E-state index in [-0.39, 0.29) is 18.5 Å². The third kappa shape index (κ3) is 2.69. The van der Waals surface area contributed by atoms with Crippen molar-refractivity contribution in [1.82, 2.24) is 24.9 Å². The summed E-state index contributed by atoms with van der Waals surface area (Å²) in [4.78, 5) is 25.8. The van der Waals surface area contributed by atoms with Crippen molar-refractivity contribution in [1.29, 1.82) is 0 Å². The van der Waals surface area contributed by atoms with E-state index >= 15 is 0 Å². The Morgan fingerprint density at radius 2 is 2.19 bits per heavy atom. The van der Waals surface area contributed by atoms with Gasteiger partial charge in [0.1, 0.15) is 0 Å². The largest absolute Gasteiger partial charge is 0.481 e. The summed E-state index contributed by atoms with van der Waals surface area (Å²) in [7, 11) is 1.82. The van der Waals surface area contributed by atoms with Gasteiger partial charge in [-0.25, -0.2) is 4.79 Å². The molecule has 2 amide bonds. The molecule has 136 valence electrons. The van der Waals surface area contributed by atoms with Gasteiger partial charge in [0.2, 0.25) is 0 Å². The Morgan fingerprint density at radius 1 is 1.35 bits per heavy atom. The molecule has 4 rings (SSSR count). The highest BCUT2D eigenvalue weighted by atomic mass is 16.4. The summed E-state index contributed by atoms with van der Waals surface area (Å²) in [5.74, 6) is -0.426. The van der Waals surface area contributed by atoms with E-state index < -0.39 is 11.4 Å². The predicted octanol–water partition coefficient (Wildman–Crippen LogP) is 1.60. The fraction of sp³-hybridized carbons (Fsp3) is 0.471. The molecule has 0 aromatic carbocycles. The summed E-state index contributed by atoms with van der Waals surface area (Å²) in [6.45, 7) is 0.722. The van der Waals surface area contributed by atoms with E-state index in [1.807, 2.05) is 13.2 Å². The van der Waals surface area contributed by atoms with Crippen molar-refractivity contribution in [3.8, 4) is 11.3 Å². The highest BCUT2D eigenvalue weighted by molar-refractivity contribution is 5.89. The molecule has 2 aromatic heterocycles. The Kier molecular flexibility index (Phi) is 3.86. The summed E-state index contributed by atoms with van der Waals surface area (Å²) < 4.78 is 1.68. The second-order valence-corrected chi connectivity index (χ2v) is 7.07. The average Bonchev–Trinajstić information content (AvgIpc) is 3.29. The summed E-state index contributed by atoms with van der Waals surface area (Å²) in [5.41, 5.74) is 0.720. The van der Waals surface area contributed by atoms with E-state index in [9.17, 15) is 14.7 Å². The van der Waals surface area contributed by atoms with Crippen LogP contribution in [-0.4, -0.2) is 55.1 Å². The van der Waals surface area contributed by atoms with E-state index in [4.69, 9.17) is 0 Å². The molecule has 9 nitrogen and oxygen atoms in total. The Bertz CT molecular complexity index is 848. The molecular weight excluding hydrogens is 336 g/mol. The molecule has 0 bridgehead atoms. The number of aryl methyl sites for hydroxylation is 1. The van der Waals surface area contributed by atoms with Gasteiger partial charge < -0.3 is 10.0 Å². The lowest BCUT2D eigenvalue weighted by Crippen LogP contribution is -2.38. The number of nitrogens with one attached hydrogen (secondary N) is 1. The molecule has 0 radical (unpaired) electrons. The highest BCUT2D eigenvalue weighted by Crippen LogP contribution is 2.48. The van der Waals surface area contributed by atoms with E-state index in [0.29, 0.717) is 24.5 Å². The Morgan fingerprint density at radius 3 is 2.81 bits per heavy atom. The Hall–Kier alpha value is -2.97. The van der Waals surface area contributed by atoms with Gasteiger partial charge in [-0.2, -0.15) is 5.10 Å². The number of aromatic nitrogens is 4.